The van der Waals surface area contributed by atoms with Crippen LogP contribution in [-0.4, -0.2) is 13.1 Å². The van der Waals surface area contributed by atoms with Gasteiger partial charge in [-0.2, -0.15) is 0 Å². The van der Waals surface area contributed by atoms with E-state index < -0.39 is 0 Å². The molecule has 1 aliphatic rings. The van der Waals surface area contributed by atoms with E-state index in [0.717, 1.165) is 30.2 Å². The molecular formula is C16H33N. The molecule has 0 heterocycles. The number of rotatable bonds is 7. The predicted octanol–water partition coefficient (Wildman–Crippen LogP) is 4.47. The van der Waals surface area contributed by atoms with Crippen LogP contribution in [0.25, 0.3) is 0 Å². The van der Waals surface area contributed by atoms with Crippen LogP contribution in [0.15, 0.2) is 0 Å². The van der Waals surface area contributed by atoms with Crippen molar-refractivity contribution in [2.45, 2.75) is 66.2 Å². The van der Waals surface area contributed by atoms with Crippen LogP contribution in [0.2, 0.25) is 0 Å². The summed E-state index contributed by atoms with van der Waals surface area (Å²) in [6.07, 6.45) is 8.62. The van der Waals surface area contributed by atoms with E-state index in [1.54, 1.807) is 0 Å². The van der Waals surface area contributed by atoms with Gasteiger partial charge >= 0.3 is 0 Å². The van der Waals surface area contributed by atoms with Gasteiger partial charge in [0, 0.05) is 0 Å². The standard InChI is InChI=1S/C16H33N/c1-5-7-13(3)10-16-11-14(4)8-9-15(16)12-17-6-2/h13-17H,5-12H2,1-4H3. The summed E-state index contributed by atoms with van der Waals surface area (Å²) in [5.74, 6) is 3.83. The van der Waals surface area contributed by atoms with Crippen molar-refractivity contribution in [3.8, 4) is 0 Å². The zero-order chi connectivity index (χ0) is 12.7. The van der Waals surface area contributed by atoms with E-state index in [4.69, 9.17) is 0 Å². The zero-order valence-electron chi connectivity index (χ0n) is 12.5. The summed E-state index contributed by atoms with van der Waals surface area (Å²) in [7, 11) is 0. The summed E-state index contributed by atoms with van der Waals surface area (Å²) in [5.41, 5.74) is 0. The van der Waals surface area contributed by atoms with Crippen molar-refractivity contribution in [3.63, 3.8) is 0 Å². The van der Waals surface area contributed by atoms with E-state index in [-0.39, 0.29) is 0 Å². The Kier molecular flexibility index (Phi) is 7.18. The highest BCUT2D eigenvalue weighted by atomic mass is 14.8. The van der Waals surface area contributed by atoms with Gasteiger partial charge in [0.15, 0.2) is 0 Å². The topological polar surface area (TPSA) is 12.0 Å². The minimum atomic E-state index is 0.930. The first-order chi connectivity index (χ1) is 8.17. The normalized spacial score (nSPS) is 31.4. The molecular weight excluding hydrogens is 206 g/mol. The molecule has 0 spiro atoms. The first-order valence-corrected chi connectivity index (χ1v) is 7.88. The molecule has 17 heavy (non-hydrogen) atoms. The van der Waals surface area contributed by atoms with Crippen molar-refractivity contribution in [2.24, 2.45) is 23.7 Å². The monoisotopic (exact) mass is 239 g/mol. The van der Waals surface area contributed by atoms with Gasteiger partial charge in [0.2, 0.25) is 0 Å². The second-order valence-corrected chi connectivity index (χ2v) is 6.38. The Morgan fingerprint density at radius 1 is 1.18 bits per heavy atom. The van der Waals surface area contributed by atoms with E-state index in [1.807, 2.05) is 0 Å². The average Bonchev–Trinajstić information content (AvgIpc) is 2.28. The van der Waals surface area contributed by atoms with Gasteiger partial charge in [-0.3, -0.25) is 0 Å². The summed E-state index contributed by atoms with van der Waals surface area (Å²) in [6, 6.07) is 0. The predicted molar refractivity (Wildman–Crippen MR) is 77.2 cm³/mol. The third-order valence-corrected chi connectivity index (χ3v) is 4.55. The second kappa shape index (κ2) is 8.13. The Morgan fingerprint density at radius 3 is 2.59 bits per heavy atom. The summed E-state index contributed by atoms with van der Waals surface area (Å²) in [6.45, 7) is 11.8. The maximum absolute atomic E-state index is 3.57. The maximum Gasteiger partial charge on any atom is -0.00180 e. The van der Waals surface area contributed by atoms with Crippen molar-refractivity contribution >= 4 is 0 Å². The molecule has 4 atom stereocenters. The Bertz CT molecular complexity index is 188. The van der Waals surface area contributed by atoms with Gasteiger partial charge < -0.3 is 5.32 Å². The Labute approximate surface area is 109 Å². The van der Waals surface area contributed by atoms with E-state index in [1.165, 1.54) is 45.1 Å². The maximum atomic E-state index is 3.57. The lowest BCUT2D eigenvalue weighted by Crippen LogP contribution is -2.33. The summed E-state index contributed by atoms with van der Waals surface area (Å²) < 4.78 is 0. The van der Waals surface area contributed by atoms with Gasteiger partial charge in [0.1, 0.15) is 0 Å². The van der Waals surface area contributed by atoms with Crippen LogP contribution < -0.4 is 5.32 Å². The smallest absolute Gasteiger partial charge is 0.00180 e. The third-order valence-electron chi connectivity index (χ3n) is 4.55. The highest BCUT2D eigenvalue weighted by molar-refractivity contribution is 4.81. The molecule has 0 aliphatic heterocycles. The molecule has 0 aromatic rings. The lowest BCUT2D eigenvalue weighted by Gasteiger charge is -2.36. The fourth-order valence-electron chi connectivity index (χ4n) is 3.58. The van der Waals surface area contributed by atoms with Crippen molar-refractivity contribution in [1.29, 1.82) is 0 Å². The van der Waals surface area contributed by atoms with Gasteiger partial charge in [-0.15, -0.1) is 0 Å². The molecule has 1 rings (SSSR count). The van der Waals surface area contributed by atoms with Gasteiger partial charge in [-0.25, -0.2) is 0 Å². The number of nitrogens with one attached hydrogen (secondary N) is 1. The molecule has 0 radical (unpaired) electrons. The fraction of sp³-hybridized carbons (Fsp3) is 1.00. The Morgan fingerprint density at radius 2 is 1.94 bits per heavy atom. The van der Waals surface area contributed by atoms with Crippen LogP contribution in [-0.2, 0) is 0 Å². The van der Waals surface area contributed by atoms with Gasteiger partial charge in [-0.05, 0) is 56.0 Å². The summed E-state index contributed by atoms with van der Waals surface area (Å²) in [4.78, 5) is 0. The van der Waals surface area contributed by atoms with E-state index in [9.17, 15) is 0 Å². The lowest BCUT2D eigenvalue weighted by atomic mass is 9.71. The minimum absolute atomic E-state index is 0.930. The molecule has 0 aromatic heterocycles. The molecule has 0 aromatic carbocycles. The van der Waals surface area contributed by atoms with Crippen LogP contribution in [0.4, 0.5) is 0 Å². The molecule has 1 N–H and O–H groups in total. The molecule has 1 saturated carbocycles. The molecule has 1 heteroatoms. The van der Waals surface area contributed by atoms with Gasteiger partial charge in [-0.1, -0.05) is 47.0 Å². The second-order valence-electron chi connectivity index (χ2n) is 6.38. The lowest BCUT2D eigenvalue weighted by molar-refractivity contribution is 0.156. The molecule has 0 saturated heterocycles. The fourth-order valence-corrected chi connectivity index (χ4v) is 3.58. The Hall–Kier alpha value is -0.0400. The minimum Gasteiger partial charge on any atom is -0.317 e. The summed E-state index contributed by atoms with van der Waals surface area (Å²) in [5, 5.41) is 3.57. The first-order valence-electron chi connectivity index (χ1n) is 7.88. The van der Waals surface area contributed by atoms with Crippen molar-refractivity contribution in [1.82, 2.24) is 5.32 Å². The average molecular weight is 239 g/mol. The molecule has 102 valence electrons. The van der Waals surface area contributed by atoms with Crippen molar-refractivity contribution < 1.29 is 0 Å². The van der Waals surface area contributed by atoms with E-state index in [2.05, 4.69) is 33.0 Å². The zero-order valence-corrected chi connectivity index (χ0v) is 12.5. The molecule has 4 unspecified atom stereocenters. The highest BCUT2D eigenvalue weighted by Crippen LogP contribution is 2.37. The van der Waals surface area contributed by atoms with Crippen LogP contribution in [0.5, 0.6) is 0 Å². The molecule has 1 fully saturated rings. The van der Waals surface area contributed by atoms with Gasteiger partial charge in [0.25, 0.3) is 0 Å². The third kappa shape index (κ3) is 5.42. The number of hydrogen-bond donors (Lipinski definition) is 1. The summed E-state index contributed by atoms with van der Waals surface area (Å²) >= 11 is 0. The Balaban J connectivity index is 2.43. The highest BCUT2D eigenvalue weighted by Gasteiger charge is 2.28. The molecule has 0 bridgehead atoms. The van der Waals surface area contributed by atoms with Crippen LogP contribution in [0.1, 0.15) is 66.2 Å². The number of hydrogen-bond acceptors (Lipinski definition) is 1. The molecule has 1 aliphatic carbocycles. The van der Waals surface area contributed by atoms with Crippen LogP contribution in [0, 0.1) is 23.7 Å². The quantitative estimate of drug-likeness (QED) is 0.691. The van der Waals surface area contributed by atoms with Crippen molar-refractivity contribution in [2.75, 3.05) is 13.1 Å². The van der Waals surface area contributed by atoms with Gasteiger partial charge in [0.05, 0.1) is 0 Å². The van der Waals surface area contributed by atoms with Crippen molar-refractivity contribution in [3.05, 3.63) is 0 Å². The SMILES string of the molecule is CCCC(C)CC1CC(C)CCC1CNCC. The largest absolute Gasteiger partial charge is 0.317 e. The van der Waals surface area contributed by atoms with Crippen LogP contribution >= 0.6 is 0 Å². The van der Waals surface area contributed by atoms with E-state index in [0.29, 0.717) is 0 Å². The molecule has 0 amide bonds. The van der Waals surface area contributed by atoms with Crippen LogP contribution in [0.3, 0.4) is 0 Å². The van der Waals surface area contributed by atoms with E-state index >= 15 is 0 Å². The molecule has 1 nitrogen and oxygen atoms in total. The first kappa shape index (κ1) is 15.0.